The number of methoxy groups -OCH3 is 1. The second-order valence-electron chi connectivity index (χ2n) is 4.89. The Morgan fingerprint density at radius 3 is 2.61 bits per heavy atom. The van der Waals surface area contributed by atoms with Gasteiger partial charge in [0.15, 0.2) is 17.3 Å². The lowest BCUT2D eigenvalue weighted by molar-refractivity contribution is -0.114. The van der Waals surface area contributed by atoms with Crippen LogP contribution in [0, 0.1) is 0 Å². The van der Waals surface area contributed by atoms with Crippen LogP contribution < -0.4 is 10.1 Å². The Kier molecular flexibility index (Phi) is 5.15. The fourth-order valence-electron chi connectivity index (χ4n) is 2.03. The number of phenols is 1. The molecule has 0 atom stereocenters. The van der Waals surface area contributed by atoms with Crippen LogP contribution in [0.5, 0.6) is 11.5 Å². The summed E-state index contributed by atoms with van der Waals surface area (Å²) in [6, 6.07) is 11.6. The van der Waals surface area contributed by atoms with Crippen molar-refractivity contribution in [2.45, 2.75) is 6.92 Å². The van der Waals surface area contributed by atoms with Gasteiger partial charge in [0.25, 0.3) is 0 Å². The van der Waals surface area contributed by atoms with Gasteiger partial charge in [-0.15, -0.1) is 0 Å². The molecule has 0 bridgehead atoms. The van der Waals surface area contributed by atoms with Crippen LogP contribution in [-0.2, 0) is 4.79 Å². The van der Waals surface area contributed by atoms with Gasteiger partial charge in [-0.1, -0.05) is 24.3 Å². The number of carbonyl (C=O) groups excluding carboxylic acids is 2. The Labute approximate surface area is 134 Å². The number of carbonyl (C=O) groups is 2. The van der Waals surface area contributed by atoms with Crippen LogP contribution in [-0.4, -0.2) is 23.9 Å². The first-order valence-electron chi connectivity index (χ1n) is 6.96. The average Bonchev–Trinajstić information content (AvgIpc) is 2.52. The quantitative estimate of drug-likeness (QED) is 0.656. The van der Waals surface area contributed by atoms with Crippen LogP contribution in [0.25, 0.3) is 6.08 Å². The smallest absolute Gasteiger partial charge is 0.221 e. The number of aromatic hydroxyl groups is 1. The van der Waals surface area contributed by atoms with Gasteiger partial charge in [-0.05, 0) is 35.9 Å². The number of ketones is 1. The predicted molar refractivity (Wildman–Crippen MR) is 88.8 cm³/mol. The molecule has 0 aliphatic rings. The van der Waals surface area contributed by atoms with Crippen molar-refractivity contribution in [2.75, 3.05) is 12.4 Å². The molecule has 0 saturated heterocycles. The van der Waals surface area contributed by atoms with E-state index in [1.54, 1.807) is 42.5 Å². The fraction of sp³-hybridized carbons (Fsp3) is 0.111. The van der Waals surface area contributed by atoms with Crippen molar-refractivity contribution in [3.63, 3.8) is 0 Å². The summed E-state index contributed by atoms with van der Waals surface area (Å²) in [5, 5.41) is 12.3. The maximum atomic E-state index is 12.2. The lowest BCUT2D eigenvalue weighted by Gasteiger charge is -2.04. The summed E-state index contributed by atoms with van der Waals surface area (Å²) in [4.78, 5) is 23.2. The minimum absolute atomic E-state index is 0.00903. The van der Waals surface area contributed by atoms with E-state index in [4.69, 9.17) is 4.74 Å². The van der Waals surface area contributed by atoms with Gasteiger partial charge >= 0.3 is 0 Å². The van der Waals surface area contributed by atoms with E-state index in [1.165, 1.54) is 26.2 Å². The summed E-state index contributed by atoms with van der Waals surface area (Å²) < 4.78 is 4.96. The summed E-state index contributed by atoms with van der Waals surface area (Å²) in [6.07, 6.45) is 3.01. The largest absolute Gasteiger partial charge is 0.504 e. The Morgan fingerprint density at radius 1 is 1.17 bits per heavy atom. The molecule has 0 spiro atoms. The molecule has 118 valence electrons. The molecule has 1 amide bonds. The number of benzene rings is 2. The summed E-state index contributed by atoms with van der Waals surface area (Å²) in [6.45, 7) is 1.41. The molecule has 2 rings (SSSR count). The summed E-state index contributed by atoms with van der Waals surface area (Å²) in [5.74, 6) is -0.0161. The SMILES string of the molecule is COc1ccc(/C=C/C(=O)c2cccc(NC(C)=O)c2)cc1O. The van der Waals surface area contributed by atoms with Gasteiger partial charge in [0.05, 0.1) is 7.11 Å². The molecular weight excluding hydrogens is 294 g/mol. The highest BCUT2D eigenvalue weighted by atomic mass is 16.5. The van der Waals surface area contributed by atoms with E-state index in [9.17, 15) is 14.7 Å². The van der Waals surface area contributed by atoms with Crippen molar-refractivity contribution in [3.05, 3.63) is 59.7 Å². The normalized spacial score (nSPS) is 10.5. The molecule has 5 nitrogen and oxygen atoms in total. The monoisotopic (exact) mass is 311 g/mol. The third-order valence-corrected chi connectivity index (χ3v) is 3.10. The Morgan fingerprint density at radius 2 is 1.96 bits per heavy atom. The molecule has 0 saturated carbocycles. The van der Waals surface area contributed by atoms with E-state index in [2.05, 4.69) is 5.32 Å². The van der Waals surface area contributed by atoms with Crippen molar-refractivity contribution in [2.24, 2.45) is 0 Å². The van der Waals surface area contributed by atoms with Crippen LogP contribution >= 0.6 is 0 Å². The van der Waals surface area contributed by atoms with Crippen molar-refractivity contribution in [1.82, 2.24) is 0 Å². The van der Waals surface area contributed by atoms with Gasteiger partial charge in [-0.2, -0.15) is 0 Å². The van der Waals surface area contributed by atoms with Crippen molar-refractivity contribution in [1.29, 1.82) is 0 Å². The van der Waals surface area contributed by atoms with E-state index in [0.29, 0.717) is 22.6 Å². The minimum atomic E-state index is -0.201. The number of anilines is 1. The number of amides is 1. The molecule has 0 aromatic heterocycles. The number of hydrogen-bond donors (Lipinski definition) is 2. The molecule has 0 radical (unpaired) electrons. The maximum Gasteiger partial charge on any atom is 0.221 e. The average molecular weight is 311 g/mol. The van der Waals surface area contributed by atoms with Gasteiger partial charge in [0.2, 0.25) is 5.91 Å². The Bertz CT molecular complexity index is 765. The van der Waals surface area contributed by atoms with Crippen molar-refractivity contribution < 1.29 is 19.4 Å². The number of rotatable bonds is 5. The zero-order valence-corrected chi connectivity index (χ0v) is 12.9. The van der Waals surface area contributed by atoms with Crippen molar-refractivity contribution in [3.8, 4) is 11.5 Å². The highest BCUT2D eigenvalue weighted by Crippen LogP contribution is 2.26. The Hall–Kier alpha value is -3.08. The van der Waals surface area contributed by atoms with Gasteiger partial charge in [0, 0.05) is 18.2 Å². The van der Waals surface area contributed by atoms with E-state index in [-0.39, 0.29) is 17.4 Å². The first-order chi connectivity index (χ1) is 11.0. The third-order valence-electron chi connectivity index (χ3n) is 3.10. The molecular formula is C18H17NO4. The van der Waals surface area contributed by atoms with E-state index in [1.807, 2.05) is 0 Å². The Balaban J connectivity index is 2.15. The zero-order valence-electron chi connectivity index (χ0n) is 12.9. The molecule has 0 aliphatic carbocycles. The second-order valence-corrected chi connectivity index (χ2v) is 4.89. The predicted octanol–water partition coefficient (Wildman–Crippen LogP) is 3.26. The molecule has 0 unspecified atom stereocenters. The van der Waals surface area contributed by atoms with E-state index in [0.717, 1.165) is 0 Å². The van der Waals surface area contributed by atoms with E-state index < -0.39 is 0 Å². The van der Waals surface area contributed by atoms with E-state index >= 15 is 0 Å². The zero-order chi connectivity index (χ0) is 16.8. The molecule has 0 heterocycles. The van der Waals surface area contributed by atoms with Gasteiger partial charge in [-0.25, -0.2) is 0 Å². The molecule has 2 N–H and O–H groups in total. The van der Waals surface area contributed by atoms with Gasteiger partial charge in [-0.3, -0.25) is 9.59 Å². The van der Waals surface area contributed by atoms with Crippen molar-refractivity contribution >= 4 is 23.5 Å². The molecule has 23 heavy (non-hydrogen) atoms. The van der Waals surface area contributed by atoms with Crippen LogP contribution in [0.15, 0.2) is 48.5 Å². The standard InChI is InChI=1S/C18H17NO4/c1-12(20)19-15-5-3-4-14(11-15)16(21)8-6-13-7-9-18(23-2)17(22)10-13/h3-11,22H,1-2H3,(H,19,20)/b8-6+. The number of hydrogen-bond acceptors (Lipinski definition) is 4. The minimum Gasteiger partial charge on any atom is -0.504 e. The van der Waals surface area contributed by atoms with Gasteiger partial charge in [0.1, 0.15) is 0 Å². The number of nitrogens with one attached hydrogen (secondary N) is 1. The second kappa shape index (κ2) is 7.26. The number of ether oxygens (including phenoxy) is 1. The van der Waals surface area contributed by atoms with Crippen LogP contribution in [0.2, 0.25) is 0 Å². The fourth-order valence-corrected chi connectivity index (χ4v) is 2.03. The summed E-state index contributed by atoms with van der Waals surface area (Å²) in [5.41, 5.74) is 1.71. The van der Waals surface area contributed by atoms with Crippen LogP contribution in [0.1, 0.15) is 22.8 Å². The lowest BCUT2D eigenvalue weighted by atomic mass is 10.1. The topological polar surface area (TPSA) is 75.6 Å². The van der Waals surface area contributed by atoms with Crippen LogP contribution in [0.4, 0.5) is 5.69 Å². The molecule has 2 aromatic carbocycles. The van der Waals surface area contributed by atoms with Crippen LogP contribution in [0.3, 0.4) is 0 Å². The molecule has 5 heteroatoms. The van der Waals surface area contributed by atoms with Gasteiger partial charge < -0.3 is 15.2 Å². The molecule has 0 aliphatic heterocycles. The summed E-state index contributed by atoms with van der Waals surface area (Å²) >= 11 is 0. The number of allylic oxidation sites excluding steroid dienone is 1. The lowest BCUT2D eigenvalue weighted by Crippen LogP contribution is -2.06. The first kappa shape index (κ1) is 16.3. The molecule has 2 aromatic rings. The first-order valence-corrected chi connectivity index (χ1v) is 6.96. The molecule has 0 fully saturated rings. The maximum absolute atomic E-state index is 12.2. The highest BCUT2D eigenvalue weighted by Gasteiger charge is 2.05. The number of phenolic OH excluding ortho intramolecular Hbond substituents is 1. The summed E-state index contributed by atoms with van der Waals surface area (Å²) in [7, 11) is 1.47. The highest BCUT2D eigenvalue weighted by molar-refractivity contribution is 6.07. The third kappa shape index (κ3) is 4.44.